The second-order valence-electron chi connectivity index (χ2n) is 6.08. The summed E-state index contributed by atoms with van der Waals surface area (Å²) in [5.74, 6) is 1.22. The van der Waals surface area contributed by atoms with Crippen molar-refractivity contribution < 1.29 is 0 Å². The topological polar surface area (TPSA) is 29.3 Å². The van der Waals surface area contributed by atoms with Gasteiger partial charge in [-0.3, -0.25) is 0 Å². The van der Waals surface area contributed by atoms with Crippen molar-refractivity contribution in [1.82, 2.24) is 0 Å². The van der Waals surface area contributed by atoms with Crippen molar-refractivity contribution in [3.05, 3.63) is 29.3 Å². The van der Waals surface area contributed by atoms with Crippen LogP contribution in [-0.2, 0) is 0 Å². The van der Waals surface area contributed by atoms with Crippen LogP contribution in [0.2, 0.25) is 0 Å². The molecule has 0 spiro atoms. The van der Waals surface area contributed by atoms with Crippen LogP contribution < -0.4 is 10.6 Å². The molecule has 0 aliphatic rings. The monoisotopic (exact) mass is 278 g/mol. The Hall–Kier alpha value is -1.09. The average Bonchev–Trinajstić information content (AvgIpc) is 2.26. The van der Waals surface area contributed by atoms with Crippen LogP contribution >= 0.6 is 12.2 Å². The highest BCUT2D eigenvalue weighted by Gasteiger charge is 2.15. The molecule has 19 heavy (non-hydrogen) atoms. The molecule has 0 aliphatic carbocycles. The maximum absolute atomic E-state index is 5.87. The summed E-state index contributed by atoms with van der Waals surface area (Å²) in [6, 6.07) is 6.31. The highest BCUT2D eigenvalue weighted by atomic mass is 32.1. The number of nitrogens with two attached hydrogens (primary N) is 1. The van der Waals surface area contributed by atoms with Gasteiger partial charge < -0.3 is 10.6 Å². The van der Waals surface area contributed by atoms with Gasteiger partial charge in [-0.1, -0.05) is 46.0 Å². The van der Waals surface area contributed by atoms with Crippen LogP contribution in [0.4, 0.5) is 5.69 Å². The molecule has 0 atom stereocenters. The van der Waals surface area contributed by atoms with Crippen LogP contribution in [-0.4, -0.2) is 18.1 Å². The van der Waals surface area contributed by atoms with E-state index in [1.54, 1.807) is 0 Å². The Kier molecular flexibility index (Phi) is 5.80. The van der Waals surface area contributed by atoms with E-state index >= 15 is 0 Å². The molecule has 0 aromatic heterocycles. The lowest BCUT2D eigenvalue weighted by Gasteiger charge is -2.30. The zero-order chi connectivity index (χ0) is 14.6. The largest absolute Gasteiger partial charge is 0.389 e. The molecule has 1 rings (SSSR count). The standard InChI is InChI=1S/C16H26N2S/c1-11(2)9-18(10-12(3)4)15-8-13(5)6-7-14(15)16(17)19/h6-8,11-12H,9-10H2,1-5H3,(H2,17,19). The lowest BCUT2D eigenvalue weighted by Crippen LogP contribution is -2.33. The zero-order valence-electron chi connectivity index (χ0n) is 12.7. The lowest BCUT2D eigenvalue weighted by atomic mass is 10.1. The van der Waals surface area contributed by atoms with Crippen molar-refractivity contribution in [3.8, 4) is 0 Å². The molecule has 0 amide bonds. The van der Waals surface area contributed by atoms with E-state index in [4.69, 9.17) is 18.0 Å². The molecule has 0 saturated heterocycles. The Balaban J connectivity index is 3.18. The van der Waals surface area contributed by atoms with Crippen LogP contribution in [0.25, 0.3) is 0 Å². The molecular weight excluding hydrogens is 252 g/mol. The molecule has 1 aromatic rings. The van der Waals surface area contributed by atoms with Crippen molar-refractivity contribution >= 4 is 22.9 Å². The Morgan fingerprint density at radius 1 is 1.16 bits per heavy atom. The fourth-order valence-electron chi connectivity index (χ4n) is 2.26. The molecule has 0 bridgehead atoms. The normalized spacial score (nSPS) is 11.1. The molecule has 3 heteroatoms. The first-order valence-corrected chi connectivity index (χ1v) is 7.37. The van der Waals surface area contributed by atoms with E-state index in [0.29, 0.717) is 16.8 Å². The molecule has 2 N–H and O–H groups in total. The van der Waals surface area contributed by atoms with Gasteiger partial charge in [0.05, 0.1) is 0 Å². The Morgan fingerprint density at radius 3 is 2.11 bits per heavy atom. The first-order chi connectivity index (χ1) is 8.81. The molecular formula is C16H26N2S. The minimum atomic E-state index is 0.479. The summed E-state index contributed by atoms with van der Waals surface area (Å²) in [4.78, 5) is 2.89. The highest BCUT2D eigenvalue weighted by Crippen LogP contribution is 2.24. The van der Waals surface area contributed by atoms with Crippen LogP contribution in [0.5, 0.6) is 0 Å². The van der Waals surface area contributed by atoms with Gasteiger partial charge in [-0.25, -0.2) is 0 Å². The SMILES string of the molecule is Cc1ccc(C(N)=S)c(N(CC(C)C)CC(C)C)c1. The van der Waals surface area contributed by atoms with E-state index in [2.05, 4.69) is 51.7 Å². The summed E-state index contributed by atoms with van der Waals surface area (Å²) in [5, 5.41) is 0. The van der Waals surface area contributed by atoms with E-state index in [1.807, 2.05) is 6.07 Å². The zero-order valence-corrected chi connectivity index (χ0v) is 13.6. The summed E-state index contributed by atoms with van der Waals surface area (Å²) in [6.07, 6.45) is 0. The summed E-state index contributed by atoms with van der Waals surface area (Å²) in [5.41, 5.74) is 9.28. The van der Waals surface area contributed by atoms with Crippen molar-refractivity contribution in [1.29, 1.82) is 0 Å². The van der Waals surface area contributed by atoms with Crippen LogP contribution in [0.15, 0.2) is 18.2 Å². The van der Waals surface area contributed by atoms with Gasteiger partial charge >= 0.3 is 0 Å². The lowest BCUT2D eigenvalue weighted by molar-refractivity contribution is 0.552. The Morgan fingerprint density at radius 2 is 1.68 bits per heavy atom. The van der Waals surface area contributed by atoms with E-state index in [1.165, 1.54) is 11.3 Å². The Bertz CT molecular complexity index is 428. The molecule has 0 unspecified atom stereocenters. The number of aryl methyl sites for hydroxylation is 1. The van der Waals surface area contributed by atoms with E-state index in [0.717, 1.165) is 18.7 Å². The van der Waals surface area contributed by atoms with Crippen LogP contribution in [0.1, 0.15) is 38.8 Å². The van der Waals surface area contributed by atoms with E-state index in [-0.39, 0.29) is 0 Å². The number of hydrogen-bond donors (Lipinski definition) is 1. The Labute approximate surface area is 123 Å². The second kappa shape index (κ2) is 6.90. The number of thiocarbonyl (C=S) groups is 1. The third-order valence-corrected chi connectivity index (χ3v) is 3.15. The van der Waals surface area contributed by atoms with Gasteiger partial charge in [0, 0.05) is 24.3 Å². The number of benzene rings is 1. The van der Waals surface area contributed by atoms with Crippen LogP contribution in [0.3, 0.4) is 0 Å². The number of anilines is 1. The van der Waals surface area contributed by atoms with Crippen molar-refractivity contribution in [2.24, 2.45) is 17.6 Å². The number of rotatable bonds is 6. The summed E-state index contributed by atoms with van der Waals surface area (Å²) < 4.78 is 0. The second-order valence-corrected chi connectivity index (χ2v) is 6.52. The highest BCUT2D eigenvalue weighted by molar-refractivity contribution is 7.80. The fourth-order valence-corrected chi connectivity index (χ4v) is 2.44. The van der Waals surface area contributed by atoms with Gasteiger partial charge in [0.25, 0.3) is 0 Å². The first kappa shape index (κ1) is 16.0. The minimum absolute atomic E-state index is 0.479. The molecule has 0 saturated carbocycles. The molecule has 0 aliphatic heterocycles. The summed E-state index contributed by atoms with van der Waals surface area (Å²) >= 11 is 5.19. The van der Waals surface area contributed by atoms with E-state index in [9.17, 15) is 0 Å². The minimum Gasteiger partial charge on any atom is -0.389 e. The van der Waals surface area contributed by atoms with Gasteiger partial charge in [0.2, 0.25) is 0 Å². The van der Waals surface area contributed by atoms with Gasteiger partial charge in [-0.2, -0.15) is 0 Å². The summed E-state index contributed by atoms with van der Waals surface area (Å²) in [7, 11) is 0. The van der Waals surface area contributed by atoms with Crippen molar-refractivity contribution in [3.63, 3.8) is 0 Å². The van der Waals surface area contributed by atoms with Crippen molar-refractivity contribution in [2.75, 3.05) is 18.0 Å². The van der Waals surface area contributed by atoms with Gasteiger partial charge in [-0.15, -0.1) is 0 Å². The van der Waals surface area contributed by atoms with Crippen molar-refractivity contribution in [2.45, 2.75) is 34.6 Å². The maximum atomic E-state index is 5.87. The maximum Gasteiger partial charge on any atom is 0.106 e. The first-order valence-electron chi connectivity index (χ1n) is 6.96. The van der Waals surface area contributed by atoms with Gasteiger partial charge in [-0.05, 0) is 36.5 Å². The van der Waals surface area contributed by atoms with E-state index < -0.39 is 0 Å². The van der Waals surface area contributed by atoms with Gasteiger partial charge in [0.15, 0.2) is 0 Å². The summed E-state index contributed by atoms with van der Waals surface area (Å²) in [6.45, 7) is 13.1. The molecule has 1 aromatic carbocycles. The molecule has 0 fully saturated rings. The third kappa shape index (κ3) is 4.83. The van der Waals surface area contributed by atoms with Gasteiger partial charge in [0.1, 0.15) is 4.99 Å². The molecule has 0 heterocycles. The fraction of sp³-hybridized carbons (Fsp3) is 0.562. The smallest absolute Gasteiger partial charge is 0.106 e. The predicted octanol–water partition coefficient (Wildman–Crippen LogP) is 3.75. The average molecular weight is 278 g/mol. The third-order valence-electron chi connectivity index (χ3n) is 2.93. The molecule has 106 valence electrons. The molecule has 0 radical (unpaired) electrons. The predicted molar refractivity (Wildman–Crippen MR) is 89.0 cm³/mol. The number of nitrogens with zero attached hydrogens (tertiary/aromatic N) is 1. The van der Waals surface area contributed by atoms with Crippen LogP contribution in [0, 0.1) is 18.8 Å². The molecule has 2 nitrogen and oxygen atoms in total. The number of hydrogen-bond acceptors (Lipinski definition) is 2. The quantitative estimate of drug-likeness (QED) is 0.804.